The Hall–Kier alpha value is -4.05. The summed E-state index contributed by atoms with van der Waals surface area (Å²) >= 11 is 0. The molecule has 1 aromatic carbocycles. The maximum atomic E-state index is 12.3. The highest BCUT2D eigenvalue weighted by Gasteiger charge is 2.22. The molecule has 37 heavy (non-hydrogen) atoms. The van der Waals surface area contributed by atoms with Crippen LogP contribution in [-0.4, -0.2) is 61.1 Å². The molecule has 4 aromatic rings. The first kappa shape index (κ1) is 24.6. The van der Waals surface area contributed by atoms with Crippen molar-refractivity contribution in [2.24, 2.45) is 0 Å². The summed E-state index contributed by atoms with van der Waals surface area (Å²) in [4.78, 5) is 27.8. The molecule has 2 N–H and O–H groups in total. The van der Waals surface area contributed by atoms with Gasteiger partial charge in [-0.3, -0.25) is 10.1 Å². The second-order valence-corrected chi connectivity index (χ2v) is 9.20. The van der Waals surface area contributed by atoms with E-state index in [9.17, 15) is 4.79 Å². The summed E-state index contributed by atoms with van der Waals surface area (Å²) in [6.07, 6.45) is 11.4. The summed E-state index contributed by atoms with van der Waals surface area (Å²) in [5, 5.41) is 10.3. The Morgan fingerprint density at radius 1 is 1.16 bits per heavy atom. The normalized spacial score (nSPS) is 15.7. The van der Waals surface area contributed by atoms with Gasteiger partial charge in [-0.25, -0.2) is 19.5 Å². The van der Waals surface area contributed by atoms with E-state index < -0.39 is 0 Å². The molecule has 0 radical (unpaired) electrons. The standard InChI is InChI=1S/C27H32N8O2/c1-3-22-11-7-12-34(22)13-8-14-37-23-17-35-24(19(23)2)25(30-18-31-35)32-21-15-28-27(29-16-21)33-26(36)20-9-5-4-6-10-20/h4-6,9-10,15-18,22H,3,7-8,11-14H2,1-2H3,(H,30,31,32)(H,28,29,33,36)/t22-/m1/s1. The number of rotatable bonds is 10. The van der Waals surface area contributed by atoms with E-state index in [1.54, 1.807) is 29.0 Å². The molecule has 3 aromatic heterocycles. The van der Waals surface area contributed by atoms with Gasteiger partial charge < -0.3 is 15.0 Å². The summed E-state index contributed by atoms with van der Waals surface area (Å²) in [6.45, 7) is 7.20. The molecule has 10 nitrogen and oxygen atoms in total. The number of hydrogen-bond donors (Lipinski definition) is 2. The van der Waals surface area contributed by atoms with Gasteiger partial charge in [-0.1, -0.05) is 25.1 Å². The second-order valence-electron chi connectivity index (χ2n) is 9.20. The number of hydrogen-bond acceptors (Lipinski definition) is 8. The molecule has 5 rings (SSSR count). The SMILES string of the molecule is CC[C@@H]1CCCN1CCCOc1cn2ncnc(Nc3cnc(NC(=O)c4ccccc4)nc3)c2c1C. The highest BCUT2D eigenvalue weighted by Crippen LogP contribution is 2.30. The number of anilines is 3. The van der Waals surface area contributed by atoms with Crippen molar-refractivity contribution in [3.63, 3.8) is 0 Å². The van der Waals surface area contributed by atoms with Crippen molar-refractivity contribution in [3.8, 4) is 5.75 Å². The number of carbonyl (C=O) groups is 1. The summed E-state index contributed by atoms with van der Waals surface area (Å²) in [5.41, 5.74) is 2.96. The van der Waals surface area contributed by atoms with Crippen molar-refractivity contribution < 1.29 is 9.53 Å². The topological polar surface area (TPSA) is 110 Å². The van der Waals surface area contributed by atoms with E-state index in [0.29, 0.717) is 23.7 Å². The van der Waals surface area contributed by atoms with Crippen LogP contribution in [0.25, 0.3) is 5.52 Å². The smallest absolute Gasteiger partial charge is 0.258 e. The number of benzene rings is 1. The van der Waals surface area contributed by atoms with E-state index >= 15 is 0 Å². The molecule has 0 saturated carbocycles. The number of likely N-dealkylation sites (tertiary alicyclic amines) is 1. The molecule has 1 saturated heterocycles. The van der Waals surface area contributed by atoms with Gasteiger partial charge in [0, 0.05) is 23.7 Å². The first-order valence-electron chi connectivity index (χ1n) is 12.8. The zero-order chi connectivity index (χ0) is 25.6. The molecule has 4 heterocycles. The fourth-order valence-electron chi connectivity index (χ4n) is 4.83. The first-order chi connectivity index (χ1) is 18.1. The van der Waals surface area contributed by atoms with Gasteiger partial charge >= 0.3 is 0 Å². The molecule has 1 atom stereocenters. The number of amides is 1. The minimum absolute atomic E-state index is 0.223. The molecular formula is C27H32N8O2. The zero-order valence-corrected chi connectivity index (χ0v) is 21.2. The van der Waals surface area contributed by atoms with Crippen LogP contribution in [0.5, 0.6) is 5.75 Å². The first-order valence-corrected chi connectivity index (χ1v) is 12.8. The number of aryl methyl sites for hydroxylation is 1. The van der Waals surface area contributed by atoms with E-state index in [2.05, 4.69) is 42.5 Å². The molecule has 0 bridgehead atoms. The Morgan fingerprint density at radius 2 is 1.97 bits per heavy atom. The van der Waals surface area contributed by atoms with Gasteiger partial charge in [0.25, 0.3) is 5.91 Å². The molecular weight excluding hydrogens is 468 g/mol. The maximum Gasteiger partial charge on any atom is 0.258 e. The summed E-state index contributed by atoms with van der Waals surface area (Å²) in [6, 6.07) is 9.66. The average molecular weight is 501 g/mol. The summed E-state index contributed by atoms with van der Waals surface area (Å²) in [7, 11) is 0. The highest BCUT2D eigenvalue weighted by molar-refractivity contribution is 6.03. The number of aromatic nitrogens is 5. The van der Waals surface area contributed by atoms with E-state index in [1.165, 1.54) is 32.1 Å². The Kier molecular flexibility index (Phi) is 7.55. The Labute approximate surface area is 216 Å². The van der Waals surface area contributed by atoms with Crippen LogP contribution in [0.3, 0.4) is 0 Å². The molecule has 1 aliphatic heterocycles. The fraction of sp³-hybridized carbons (Fsp3) is 0.370. The molecule has 1 amide bonds. The van der Waals surface area contributed by atoms with Crippen molar-refractivity contribution in [1.29, 1.82) is 0 Å². The number of nitrogens with zero attached hydrogens (tertiary/aromatic N) is 6. The number of ether oxygens (including phenoxy) is 1. The minimum Gasteiger partial charge on any atom is -0.492 e. The van der Waals surface area contributed by atoms with Crippen molar-refractivity contribution in [3.05, 3.63) is 66.4 Å². The van der Waals surface area contributed by atoms with Gasteiger partial charge in [0.15, 0.2) is 5.82 Å². The van der Waals surface area contributed by atoms with Crippen molar-refractivity contribution >= 4 is 28.9 Å². The molecule has 0 unspecified atom stereocenters. The Morgan fingerprint density at radius 3 is 2.76 bits per heavy atom. The van der Waals surface area contributed by atoms with Crippen LogP contribution < -0.4 is 15.4 Å². The van der Waals surface area contributed by atoms with E-state index in [4.69, 9.17) is 4.74 Å². The zero-order valence-electron chi connectivity index (χ0n) is 21.2. The lowest BCUT2D eigenvalue weighted by atomic mass is 10.2. The molecule has 192 valence electrons. The maximum absolute atomic E-state index is 12.3. The number of carbonyl (C=O) groups excluding carboxylic acids is 1. The Balaban J connectivity index is 1.21. The summed E-state index contributed by atoms with van der Waals surface area (Å²) in [5.74, 6) is 1.38. The van der Waals surface area contributed by atoms with Crippen LogP contribution in [0.2, 0.25) is 0 Å². The van der Waals surface area contributed by atoms with Gasteiger partial charge in [0.05, 0.1) is 30.9 Å². The average Bonchev–Trinajstić information content (AvgIpc) is 3.52. The lowest BCUT2D eigenvalue weighted by Crippen LogP contribution is -2.30. The monoisotopic (exact) mass is 500 g/mol. The molecule has 1 aliphatic rings. The highest BCUT2D eigenvalue weighted by atomic mass is 16.5. The molecule has 0 spiro atoms. The summed E-state index contributed by atoms with van der Waals surface area (Å²) < 4.78 is 7.90. The molecule has 1 fully saturated rings. The van der Waals surface area contributed by atoms with Gasteiger partial charge in [-0.2, -0.15) is 5.10 Å². The third-order valence-corrected chi connectivity index (χ3v) is 6.77. The largest absolute Gasteiger partial charge is 0.492 e. The van der Waals surface area contributed by atoms with Gasteiger partial charge in [0.1, 0.15) is 17.6 Å². The van der Waals surface area contributed by atoms with Crippen molar-refractivity contribution in [2.45, 2.75) is 45.6 Å². The Bertz CT molecular complexity index is 1340. The van der Waals surface area contributed by atoms with E-state index in [-0.39, 0.29) is 11.9 Å². The van der Waals surface area contributed by atoms with Gasteiger partial charge in [-0.15, -0.1) is 0 Å². The molecule has 10 heteroatoms. The quantitative estimate of drug-likeness (QED) is 0.307. The van der Waals surface area contributed by atoms with Crippen LogP contribution >= 0.6 is 0 Å². The number of nitrogens with one attached hydrogen (secondary N) is 2. The molecule has 0 aliphatic carbocycles. The van der Waals surface area contributed by atoms with Crippen molar-refractivity contribution in [2.75, 3.05) is 30.3 Å². The number of fused-ring (bicyclic) bond motifs is 1. The van der Waals surface area contributed by atoms with Crippen LogP contribution in [0.15, 0.2) is 55.2 Å². The van der Waals surface area contributed by atoms with E-state index in [1.807, 2.05) is 31.3 Å². The van der Waals surface area contributed by atoms with Gasteiger partial charge in [0.2, 0.25) is 5.95 Å². The van der Waals surface area contributed by atoms with E-state index in [0.717, 1.165) is 35.8 Å². The van der Waals surface area contributed by atoms with Crippen LogP contribution in [0, 0.1) is 6.92 Å². The lowest BCUT2D eigenvalue weighted by molar-refractivity contribution is 0.102. The minimum atomic E-state index is -0.263. The van der Waals surface area contributed by atoms with Crippen LogP contribution in [0.4, 0.5) is 17.5 Å². The predicted molar refractivity (Wildman–Crippen MR) is 142 cm³/mol. The van der Waals surface area contributed by atoms with Crippen LogP contribution in [-0.2, 0) is 0 Å². The third kappa shape index (κ3) is 5.69. The fourth-order valence-corrected chi connectivity index (χ4v) is 4.83. The lowest BCUT2D eigenvalue weighted by Gasteiger charge is -2.23. The van der Waals surface area contributed by atoms with Gasteiger partial charge in [-0.05, 0) is 51.3 Å². The third-order valence-electron chi connectivity index (χ3n) is 6.77. The van der Waals surface area contributed by atoms with Crippen molar-refractivity contribution in [1.82, 2.24) is 29.5 Å². The second kappa shape index (κ2) is 11.3. The predicted octanol–water partition coefficient (Wildman–Crippen LogP) is 4.47. The van der Waals surface area contributed by atoms with Crippen LogP contribution in [0.1, 0.15) is 48.5 Å².